The van der Waals surface area contributed by atoms with E-state index >= 15 is 0 Å². The van der Waals surface area contributed by atoms with Crippen LogP contribution in [0.4, 0.5) is 11.4 Å². The fraction of sp³-hybridized carbons (Fsp3) is 0.0714. The van der Waals surface area contributed by atoms with Crippen molar-refractivity contribution in [1.82, 2.24) is 0 Å². The van der Waals surface area contributed by atoms with Crippen LogP contribution < -0.4 is 11.1 Å². The summed E-state index contributed by atoms with van der Waals surface area (Å²) in [6, 6.07) is 12.6. The van der Waals surface area contributed by atoms with Crippen LogP contribution in [-0.2, 0) is 6.54 Å². The number of nitro groups is 1. The van der Waals surface area contributed by atoms with Gasteiger partial charge < -0.3 is 11.1 Å². The van der Waals surface area contributed by atoms with E-state index in [-0.39, 0.29) is 11.6 Å². The van der Waals surface area contributed by atoms with Crippen LogP contribution in [0.3, 0.4) is 0 Å². The third-order valence-electron chi connectivity index (χ3n) is 2.76. The second-order valence-corrected chi connectivity index (χ2v) is 4.16. The third kappa shape index (κ3) is 3.18. The minimum atomic E-state index is -0.490. The monoisotopic (exact) mass is 271 g/mol. The molecule has 2 rings (SSSR count). The van der Waals surface area contributed by atoms with Gasteiger partial charge in [-0.05, 0) is 29.8 Å². The van der Waals surface area contributed by atoms with Gasteiger partial charge in [0, 0.05) is 29.9 Å². The molecule has 0 aromatic heterocycles. The Morgan fingerprint density at radius 1 is 1.20 bits per heavy atom. The van der Waals surface area contributed by atoms with Crippen LogP contribution in [0, 0.1) is 10.1 Å². The maximum Gasteiger partial charge on any atom is 0.269 e. The summed E-state index contributed by atoms with van der Waals surface area (Å²) in [5, 5.41) is 13.2. The molecule has 6 nitrogen and oxygen atoms in total. The molecular formula is C14H13N3O3. The number of hydrogen-bond donors (Lipinski definition) is 2. The molecule has 1 amide bonds. The Labute approximate surface area is 115 Å². The highest BCUT2D eigenvalue weighted by molar-refractivity contribution is 6.04. The smallest absolute Gasteiger partial charge is 0.269 e. The lowest BCUT2D eigenvalue weighted by atomic mass is 10.1. The topological polar surface area (TPSA) is 98.3 Å². The molecular weight excluding hydrogens is 258 g/mol. The molecule has 6 heteroatoms. The molecule has 0 bridgehead atoms. The van der Waals surface area contributed by atoms with Crippen molar-refractivity contribution >= 4 is 17.3 Å². The van der Waals surface area contributed by atoms with E-state index in [4.69, 9.17) is 5.73 Å². The number of rotatable bonds is 4. The van der Waals surface area contributed by atoms with E-state index in [0.29, 0.717) is 17.8 Å². The van der Waals surface area contributed by atoms with Crippen molar-refractivity contribution in [1.29, 1.82) is 0 Å². The second-order valence-electron chi connectivity index (χ2n) is 4.16. The van der Waals surface area contributed by atoms with E-state index in [1.807, 2.05) is 6.07 Å². The van der Waals surface area contributed by atoms with Gasteiger partial charge in [-0.25, -0.2) is 0 Å². The van der Waals surface area contributed by atoms with Crippen LogP contribution in [0.2, 0.25) is 0 Å². The van der Waals surface area contributed by atoms with E-state index in [2.05, 4.69) is 5.32 Å². The van der Waals surface area contributed by atoms with E-state index in [9.17, 15) is 14.9 Å². The quantitative estimate of drug-likeness (QED) is 0.658. The molecule has 0 aliphatic carbocycles. The van der Waals surface area contributed by atoms with Crippen LogP contribution in [0.25, 0.3) is 0 Å². The SMILES string of the molecule is NCc1cccc(C(=O)Nc2ccc([N+](=O)[O-])cc2)c1. The molecule has 0 aliphatic heterocycles. The molecule has 0 aliphatic rings. The minimum absolute atomic E-state index is 0.0203. The van der Waals surface area contributed by atoms with Crippen LogP contribution in [-0.4, -0.2) is 10.8 Å². The van der Waals surface area contributed by atoms with Gasteiger partial charge in [0.05, 0.1) is 4.92 Å². The van der Waals surface area contributed by atoms with Gasteiger partial charge >= 0.3 is 0 Å². The van der Waals surface area contributed by atoms with Crippen molar-refractivity contribution in [3.05, 3.63) is 69.8 Å². The highest BCUT2D eigenvalue weighted by Crippen LogP contribution is 2.16. The van der Waals surface area contributed by atoms with Crippen molar-refractivity contribution in [3.63, 3.8) is 0 Å². The zero-order valence-corrected chi connectivity index (χ0v) is 10.6. The standard InChI is InChI=1S/C14H13N3O3/c15-9-10-2-1-3-11(8-10)14(18)16-12-4-6-13(7-5-12)17(19)20/h1-8H,9,15H2,(H,16,18). The molecule has 20 heavy (non-hydrogen) atoms. The number of nitrogens with two attached hydrogens (primary N) is 1. The molecule has 0 saturated heterocycles. The van der Waals surface area contributed by atoms with E-state index < -0.39 is 4.92 Å². The maximum atomic E-state index is 12.0. The number of carbonyl (C=O) groups excluding carboxylic acids is 1. The second kappa shape index (κ2) is 5.94. The zero-order chi connectivity index (χ0) is 14.5. The molecule has 0 saturated carbocycles. The number of carbonyl (C=O) groups is 1. The van der Waals surface area contributed by atoms with Crippen LogP contribution in [0.1, 0.15) is 15.9 Å². The molecule has 0 radical (unpaired) electrons. The average molecular weight is 271 g/mol. The summed E-state index contributed by atoms with van der Waals surface area (Å²) >= 11 is 0. The van der Waals surface area contributed by atoms with Gasteiger partial charge in [0.15, 0.2) is 0 Å². The lowest BCUT2D eigenvalue weighted by molar-refractivity contribution is -0.384. The summed E-state index contributed by atoms with van der Waals surface area (Å²) in [6.45, 7) is 0.360. The van der Waals surface area contributed by atoms with Crippen LogP contribution >= 0.6 is 0 Å². The molecule has 0 unspecified atom stereocenters. The number of benzene rings is 2. The number of nitro benzene ring substituents is 1. The van der Waals surface area contributed by atoms with E-state index in [0.717, 1.165) is 5.56 Å². The molecule has 2 aromatic rings. The van der Waals surface area contributed by atoms with Gasteiger partial charge in [-0.2, -0.15) is 0 Å². The minimum Gasteiger partial charge on any atom is -0.326 e. The molecule has 0 fully saturated rings. The first-order chi connectivity index (χ1) is 9.60. The molecule has 102 valence electrons. The van der Waals surface area contributed by atoms with Gasteiger partial charge in [0.2, 0.25) is 0 Å². The highest BCUT2D eigenvalue weighted by atomic mass is 16.6. The average Bonchev–Trinajstić information content (AvgIpc) is 2.47. The fourth-order valence-corrected chi connectivity index (χ4v) is 1.71. The molecule has 2 aromatic carbocycles. The Hall–Kier alpha value is -2.73. The lowest BCUT2D eigenvalue weighted by Gasteiger charge is -2.06. The summed E-state index contributed by atoms with van der Waals surface area (Å²) in [6.07, 6.45) is 0. The Balaban J connectivity index is 2.12. The first kappa shape index (κ1) is 13.7. The normalized spacial score (nSPS) is 10.1. The number of anilines is 1. The highest BCUT2D eigenvalue weighted by Gasteiger charge is 2.08. The summed E-state index contributed by atoms with van der Waals surface area (Å²) < 4.78 is 0. The Morgan fingerprint density at radius 3 is 2.50 bits per heavy atom. The Morgan fingerprint density at radius 2 is 1.90 bits per heavy atom. The van der Waals surface area contributed by atoms with Gasteiger partial charge in [0.1, 0.15) is 0 Å². The van der Waals surface area contributed by atoms with E-state index in [1.54, 1.807) is 18.2 Å². The third-order valence-corrected chi connectivity index (χ3v) is 2.76. The first-order valence-corrected chi connectivity index (χ1v) is 5.95. The number of amides is 1. The summed E-state index contributed by atoms with van der Waals surface area (Å²) in [5.74, 6) is -0.283. The number of non-ortho nitro benzene ring substituents is 1. The van der Waals surface area contributed by atoms with Crippen molar-refractivity contribution in [3.8, 4) is 0 Å². The maximum absolute atomic E-state index is 12.0. The lowest BCUT2D eigenvalue weighted by Crippen LogP contribution is -2.12. The number of hydrogen-bond acceptors (Lipinski definition) is 4. The van der Waals surface area contributed by atoms with Gasteiger partial charge in [-0.1, -0.05) is 12.1 Å². The number of nitrogens with one attached hydrogen (secondary N) is 1. The van der Waals surface area contributed by atoms with Gasteiger partial charge in [-0.3, -0.25) is 14.9 Å². The van der Waals surface area contributed by atoms with Crippen molar-refractivity contribution in [2.24, 2.45) is 5.73 Å². The molecule has 0 spiro atoms. The summed E-state index contributed by atoms with van der Waals surface area (Å²) in [7, 11) is 0. The fourth-order valence-electron chi connectivity index (χ4n) is 1.71. The molecule has 0 heterocycles. The predicted octanol–water partition coefficient (Wildman–Crippen LogP) is 2.31. The zero-order valence-electron chi connectivity index (χ0n) is 10.6. The largest absolute Gasteiger partial charge is 0.326 e. The van der Waals surface area contributed by atoms with Crippen LogP contribution in [0.5, 0.6) is 0 Å². The number of nitrogens with zero attached hydrogens (tertiary/aromatic N) is 1. The van der Waals surface area contributed by atoms with Crippen molar-refractivity contribution in [2.75, 3.05) is 5.32 Å². The Bertz CT molecular complexity index is 638. The van der Waals surface area contributed by atoms with Gasteiger partial charge in [0.25, 0.3) is 11.6 Å². The van der Waals surface area contributed by atoms with Crippen molar-refractivity contribution < 1.29 is 9.72 Å². The van der Waals surface area contributed by atoms with Crippen LogP contribution in [0.15, 0.2) is 48.5 Å². The molecule has 0 atom stereocenters. The van der Waals surface area contributed by atoms with Crippen molar-refractivity contribution in [2.45, 2.75) is 6.54 Å². The summed E-state index contributed by atoms with van der Waals surface area (Å²) in [4.78, 5) is 22.1. The molecule has 3 N–H and O–H groups in total. The van der Waals surface area contributed by atoms with Gasteiger partial charge in [-0.15, -0.1) is 0 Å². The van der Waals surface area contributed by atoms with E-state index in [1.165, 1.54) is 24.3 Å². The first-order valence-electron chi connectivity index (χ1n) is 5.95. The Kier molecular flexibility index (Phi) is 4.07. The summed E-state index contributed by atoms with van der Waals surface area (Å²) in [5.41, 5.74) is 7.35. The predicted molar refractivity (Wildman–Crippen MR) is 75.4 cm³/mol.